The normalized spacial score (nSPS) is 10.5. The minimum Gasteiger partial charge on any atom is -0.481 e. The molecule has 0 aliphatic rings. The van der Waals surface area contributed by atoms with E-state index in [1.807, 2.05) is 0 Å². The van der Waals surface area contributed by atoms with Gasteiger partial charge in [0, 0.05) is 0 Å². The topological polar surface area (TPSA) is 90.1 Å². The predicted octanol–water partition coefficient (Wildman–Crippen LogP) is 1.99. The first-order valence-corrected chi connectivity index (χ1v) is 7.08. The van der Waals surface area contributed by atoms with Gasteiger partial charge in [-0.2, -0.15) is 4.80 Å². The number of carbonyl (C=O) groups is 1. The molecule has 0 saturated carbocycles. The molecule has 8 heteroatoms. The van der Waals surface area contributed by atoms with E-state index in [2.05, 4.69) is 15.4 Å². The van der Waals surface area contributed by atoms with Crippen LogP contribution in [0, 0.1) is 5.82 Å². The first kappa shape index (κ1) is 15.6. The molecular weight excluding hydrogens is 315 g/mol. The van der Waals surface area contributed by atoms with E-state index < -0.39 is 12.6 Å². The molecule has 122 valence electrons. The molecule has 3 rings (SSSR count). The molecule has 3 aromatic rings. The summed E-state index contributed by atoms with van der Waals surface area (Å²) in [4.78, 5) is 12.0. The fourth-order valence-corrected chi connectivity index (χ4v) is 2.09. The van der Waals surface area contributed by atoms with Crippen LogP contribution in [-0.2, 0) is 11.3 Å². The van der Waals surface area contributed by atoms with Gasteiger partial charge in [0.1, 0.15) is 11.6 Å². The van der Waals surface area contributed by atoms with Crippen LogP contribution in [0.2, 0.25) is 0 Å². The number of carboxylic acids is 1. The fourth-order valence-electron chi connectivity index (χ4n) is 2.09. The van der Waals surface area contributed by atoms with E-state index >= 15 is 0 Å². The molecule has 7 nitrogen and oxygen atoms in total. The summed E-state index contributed by atoms with van der Waals surface area (Å²) in [5, 5.41) is 20.9. The average Bonchev–Trinajstić information content (AvgIpc) is 3.03. The molecular formula is C16H13FN4O3. The lowest BCUT2D eigenvalue weighted by atomic mass is 10.2. The van der Waals surface area contributed by atoms with Crippen molar-refractivity contribution in [3.8, 4) is 17.1 Å². The number of nitrogens with zero attached hydrogens (tertiary/aromatic N) is 4. The van der Waals surface area contributed by atoms with Crippen molar-refractivity contribution in [1.29, 1.82) is 0 Å². The number of halogens is 1. The number of aliphatic carboxylic acids is 1. The Morgan fingerprint density at radius 2 is 1.92 bits per heavy atom. The second kappa shape index (κ2) is 6.86. The summed E-state index contributed by atoms with van der Waals surface area (Å²) < 4.78 is 18.2. The van der Waals surface area contributed by atoms with E-state index in [0.717, 1.165) is 5.56 Å². The first-order chi connectivity index (χ1) is 11.6. The highest BCUT2D eigenvalue weighted by molar-refractivity contribution is 5.70. The van der Waals surface area contributed by atoms with E-state index in [0.29, 0.717) is 23.7 Å². The molecule has 0 fully saturated rings. The maximum Gasteiger partial charge on any atom is 0.341 e. The maximum absolute atomic E-state index is 12.9. The Morgan fingerprint density at radius 1 is 1.17 bits per heavy atom. The van der Waals surface area contributed by atoms with Crippen LogP contribution in [0.4, 0.5) is 4.39 Å². The number of rotatable bonds is 6. The highest BCUT2D eigenvalue weighted by atomic mass is 19.1. The van der Waals surface area contributed by atoms with Gasteiger partial charge in [-0.25, -0.2) is 9.18 Å². The van der Waals surface area contributed by atoms with E-state index in [-0.39, 0.29) is 5.82 Å². The van der Waals surface area contributed by atoms with Gasteiger partial charge in [-0.1, -0.05) is 24.3 Å². The molecule has 0 bridgehead atoms. The van der Waals surface area contributed by atoms with Crippen molar-refractivity contribution < 1.29 is 19.0 Å². The second-order valence-electron chi connectivity index (χ2n) is 4.95. The van der Waals surface area contributed by atoms with Crippen LogP contribution in [0.1, 0.15) is 5.56 Å². The number of carboxylic acid groups (broad SMARTS) is 1. The number of para-hydroxylation sites is 1. The van der Waals surface area contributed by atoms with Crippen molar-refractivity contribution >= 4 is 5.97 Å². The Balaban J connectivity index is 1.80. The second-order valence-corrected chi connectivity index (χ2v) is 4.95. The zero-order valence-corrected chi connectivity index (χ0v) is 12.5. The highest BCUT2D eigenvalue weighted by Crippen LogP contribution is 2.26. The summed E-state index contributed by atoms with van der Waals surface area (Å²) in [6, 6.07) is 12.9. The molecule has 24 heavy (non-hydrogen) atoms. The van der Waals surface area contributed by atoms with Gasteiger partial charge in [-0.05, 0) is 35.0 Å². The number of hydrogen-bond acceptors (Lipinski definition) is 5. The summed E-state index contributed by atoms with van der Waals surface area (Å²) >= 11 is 0. The van der Waals surface area contributed by atoms with E-state index in [4.69, 9.17) is 9.84 Å². The van der Waals surface area contributed by atoms with Crippen LogP contribution >= 0.6 is 0 Å². The van der Waals surface area contributed by atoms with E-state index in [1.54, 1.807) is 36.4 Å². The van der Waals surface area contributed by atoms with Gasteiger partial charge >= 0.3 is 5.97 Å². The Bertz CT molecular complexity index is 849. The predicted molar refractivity (Wildman–Crippen MR) is 81.9 cm³/mol. The largest absolute Gasteiger partial charge is 0.481 e. The highest BCUT2D eigenvalue weighted by Gasteiger charge is 2.13. The van der Waals surface area contributed by atoms with Gasteiger partial charge in [0.05, 0.1) is 12.1 Å². The van der Waals surface area contributed by atoms with Gasteiger partial charge in [0.25, 0.3) is 0 Å². The summed E-state index contributed by atoms with van der Waals surface area (Å²) in [6.45, 7) is -0.119. The van der Waals surface area contributed by atoms with Crippen LogP contribution < -0.4 is 4.74 Å². The molecule has 0 unspecified atom stereocenters. The molecule has 1 N–H and O–H groups in total. The van der Waals surface area contributed by atoms with Crippen LogP contribution in [0.25, 0.3) is 11.4 Å². The van der Waals surface area contributed by atoms with Crippen molar-refractivity contribution in [3.05, 3.63) is 59.9 Å². The van der Waals surface area contributed by atoms with Crippen LogP contribution in [-0.4, -0.2) is 37.9 Å². The number of benzene rings is 2. The van der Waals surface area contributed by atoms with Gasteiger partial charge < -0.3 is 9.84 Å². The Labute approximate surface area is 136 Å². The third-order valence-corrected chi connectivity index (χ3v) is 3.17. The number of tetrazole rings is 1. The molecule has 0 spiro atoms. The number of hydrogen-bond donors (Lipinski definition) is 1. The van der Waals surface area contributed by atoms with Gasteiger partial charge in [-0.3, -0.25) is 0 Å². The Morgan fingerprint density at radius 3 is 2.67 bits per heavy atom. The summed E-state index contributed by atoms with van der Waals surface area (Å²) in [6.07, 6.45) is 0. The molecule has 0 atom stereocenters. The smallest absolute Gasteiger partial charge is 0.341 e. The lowest BCUT2D eigenvalue weighted by Crippen LogP contribution is -2.10. The van der Waals surface area contributed by atoms with Crippen molar-refractivity contribution in [1.82, 2.24) is 20.2 Å². The fraction of sp³-hybridized carbons (Fsp3) is 0.125. The van der Waals surface area contributed by atoms with E-state index in [1.165, 1.54) is 16.9 Å². The summed E-state index contributed by atoms with van der Waals surface area (Å²) in [7, 11) is 0. The van der Waals surface area contributed by atoms with Crippen LogP contribution in [0.5, 0.6) is 5.75 Å². The van der Waals surface area contributed by atoms with Crippen molar-refractivity contribution in [2.45, 2.75) is 6.54 Å². The zero-order valence-electron chi connectivity index (χ0n) is 12.5. The third kappa shape index (κ3) is 3.72. The van der Waals surface area contributed by atoms with Crippen molar-refractivity contribution in [2.24, 2.45) is 0 Å². The molecule has 0 radical (unpaired) electrons. The standard InChI is InChI=1S/C16H13FN4O3/c17-12-7-5-11(6-8-12)9-21-19-16(18-20-21)13-3-1-2-4-14(13)24-10-15(22)23/h1-8H,9-10H2,(H,22,23). The van der Waals surface area contributed by atoms with Gasteiger partial charge in [0.15, 0.2) is 6.61 Å². The molecule has 0 saturated heterocycles. The lowest BCUT2D eigenvalue weighted by molar-refractivity contribution is -0.139. The number of aromatic nitrogens is 4. The Kier molecular flexibility index (Phi) is 4.46. The number of ether oxygens (including phenoxy) is 1. The monoisotopic (exact) mass is 328 g/mol. The van der Waals surface area contributed by atoms with Gasteiger partial charge in [0.2, 0.25) is 5.82 Å². The minimum absolute atomic E-state index is 0.310. The first-order valence-electron chi connectivity index (χ1n) is 7.08. The zero-order chi connectivity index (χ0) is 16.9. The SMILES string of the molecule is O=C(O)COc1ccccc1-c1nnn(Cc2ccc(F)cc2)n1. The summed E-state index contributed by atoms with van der Waals surface area (Å²) in [5.74, 6) is -0.701. The van der Waals surface area contributed by atoms with Crippen molar-refractivity contribution in [2.75, 3.05) is 6.61 Å². The lowest BCUT2D eigenvalue weighted by Gasteiger charge is -2.06. The molecule has 1 aromatic heterocycles. The maximum atomic E-state index is 12.9. The quantitative estimate of drug-likeness (QED) is 0.744. The van der Waals surface area contributed by atoms with Crippen molar-refractivity contribution in [3.63, 3.8) is 0 Å². The molecule has 1 heterocycles. The molecule has 2 aromatic carbocycles. The average molecular weight is 328 g/mol. The molecule has 0 amide bonds. The minimum atomic E-state index is -1.07. The van der Waals surface area contributed by atoms with Crippen LogP contribution in [0.3, 0.4) is 0 Å². The molecule has 0 aliphatic heterocycles. The van der Waals surface area contributed by atoms with E-state index in [9.17, 15) is 9.18 Å². The third-order valence-electron chi connectivity index (χ3n) is 3.17. The Hall–Kier alpha value is -3.29. The summed E-state index contributed by atoms with van der Waals surface area (Å²) in [5.41, 5.74) is 1.37. The molecule has 0 aliphatic carbocycles. The van der Waals surface area contributed by atoms with Crippen LogP contribution in [0.15, 0.2) is 48.5 Å². The van der Waals surface area contributed by atoms with Gasteiger partial charge in [-0.15, -0.1) is 10.2 Å².